The predicted molar refractivity (Wildman–Crippen MR) is 51.4 cm³/mol. The van der Waals surface area contributed by atoms with E-state index in [-0.39, 0.29) is 11.7 Å². The molecule has 3 aliphatic rings. The fourth-order valence-electron chi connectivity index (χ4n) is 2.72. The minimum atomic E-state index is -0.695. The third-order valence-corrected chi connectivity index (χ3v) is 3.71. The van der Waals surface area contributed by atoms with E-state index in [9.17, 15) is 9.18 Å². The summed E-state index contributed by atoms with van der Waals surface area (Å²) in [5.74, 6) is 1.23. The number of fused-ring (bicyclic) bond motifs is 3. The Morgan fingerprint density at radius 1 is 1.57 bits per heavy atom. The van der Waals surface area contributed by atoms with Gasteiger partial charge in [-0.3, -0.25) is 4.79 Å². The summed E-state index contributed by atoms with van der Waals surface area (Å²) < 4.78 is 13.2. The van der Waals surface area contributed by atoms with Crippen LogP contribution in [0.25, 0.3) is 0 Å². The second kappa shape index (κ2) is 2.56. The number of halogens is 1. The van der Waals surface area contributed by atoms with Crippen molar-refractivity contribution in [1.29, 1.82) is 0 Å². The van der Waals surface area contributed by atoms with Gasteiger partial charge in [0.15, 0.2) is 5.78 Å². The van der Waals surface area contributed by atoms with Crippen LogP contribution in [0.4, 0.5) is 4.39 Å². The van der Waals surface area contributed by atoms with Gasteiger partial charge in [0.05, 0.1) is 0 Å². The topological polar surface area (TPSA) is 17.1 Å². The van der Waals surface area contributed by atoms with Crippen LogP contribution in [-0.4, -0.2) is 12.0 Å². The van der Waals surface area contributed by atoms with Crippen LogP contribution in [0.1, 0.15) is 19.8 Å². The van der Waals surface area contributed by atoms with Crippen LogP contribution < -0.4 is 0 Å². The molecule has 0 aliphatic heterocycles. The van der Waals surface area contributed by atoms with Gasteiger partial charge in [0.1, 0.15) is 6.17 Å². The van der Waals surface area contributed by atoms with Crippen molar-refractivity contribution in [2.45, 2.75) is 25.9 Å². The summed E-state index contributed by atoms with van der Waals surface area (Å²) in [6.45, 7) is 1.89. The van der Waals surface area contributed by atoms with Crippen molar-refractivity contribution in [3.63, 3.8) is 0 Å². The molecule has 3 rings (SSSR count). The normalized spacial score (nSPS) is 42.7. The zero-order valence-electron chi connectivity index (χ0n) is 8.16. The quantitative estimate of drug-likeness (QED) is 0.656. The first kappa shape index (κ1) is 8.39. The maximum absolute atomic E-state index is 13.2. The second-order valence-corrected chi connectivity index (χ2v) is 4.50. The molecule has 14 heavy (non-hydrogen) atoms. The van der Waals surface area contributed by atoms with E-state index in [0.717, 1.165) is 17.6 Å². The van der Waals surface area contributed by atoms with Crippen molar-refractivity contribution >= 4 is 5.78 Å². The highest BCUT2D eigenvalue weighted by atomic mass is 19.1. The molecule has 0 saturated heterocycles. The van der Waals surface area contributed by atoms with Gasteiger partial charge in [0.2, 0.25) is 0 Å². The maximum Gasteiger partial charge on any atom is 0.158 e. The summed E-state index contributed by atoms with van der Waals surface area (Å²) in [6.07, 6.45) is 4.61. The second-order valence-electron chi connectivity index (χ2n) is 4.50. The Balaban J connectivity index is 1.91. The van der Waals surface area contributed by atoms with Gasteiger partial charge in [0.25, 0.3) is 0 Å². The third kappa shape index (κ3) is 0.969. The summed E-state index contributed by atoms with van der Waals surface area (Å²) in [5.41, 5.74) is 1.88. The number of rotatable bonds is 2. The molecule has 2 fully saturated rings. The first-order valence-electron chi connectivity index (χ1n) is 5.33. The minimum Gasteiger partial charge on any atom is -0.295 e. The van der Waals surface area contributed by atoms with E-state index < -0.39 is 6.17 Å². The van der Waals surface area contributed by atoms with Crippen molar-refractivity contribution < 1.29 is 9.18 Å². The van der Waals surface area contributed by atoms with Crippen LogP contribution in [0, 0.1) is 17.8 Å². The van der Waals surface area contributed by atoms with E-state index in [2.05, 4.69) is 0 Å². The van der Waals surface area contributed by atoms with Crippen molar-refractivity contribution in [1.82, 2.24) is 0 Å². The molecule has 0 aromatic carbocycles. The lowest BCUT2D eigenvalue weighted by Crippen LogP contribution is -2.04. The Morgan fingerprint density at radius 2 is 2.36 bits per heavy atom. The molecule has 4 atom stereocenters. The number of allylic oxidation sites excluding steroid dienone is 4. The van der Waals surface area contributed by atoms with Crippen molar-refractivity contribution in [3.8, 4) is 0 Å². The molecule has 2 saturated carbocycles. The zero-order valence-corrected chi connectivity index (χ0v) is 8.16. The molecule has 0 aromatic heterocycles. The zero-order chi connectivity index (χ0) is 9.87. The summed E-state index contributed by atoms with van der Waals surface area (Å²) in [5, 5.41) is 0. The highest BCUT2D eigenvalue weighted by molar-refractivity contribution is 5.96. The highest BCUT2D eigenvalue weighted by Gasteiger charge is 2.60. The Hall–Kier alpha value is -0.920. The fourth-order valence-corrected chi connectivity index (χ4v) is 2.72. The summed E-state index contributed by atoms with van der Waals surface area (Å²) in [4.78, 5) is 11.6. The Labute approximate surface area is 82.7 Å². The number of hydrogen-bond donors (Lipinski definition) is 0. The molecule has 0 radical (unpaired) electrons. The molecule has 0 spiro atoms. The standard InChI is InChI=1S/C12H13FO/c1-2-10(14)6-3-4-7-11(12(7)13)9-5-8(6)9/h3-4,8-9,11-12H,2,5H2,1H3/t8?,9?,11-,12?/m0/s1. The number of ketones is 1. The average molecular weight is 192 g/mol. The van der Waals surface area contributed by atoms with E-state index in [4.69, 9.17) is 0 Å². The van der Waals surface area contributed by atoms with Crippen molar-refractivity contribution in [3.05, 3.63) is 23.3 Å². The summed E-state index contributed by atoms with van der Waals surface area (Å²) in [6, 6.07) is 0. The lowest BCUT2D eigenvalue weighted by Gasteiger charge is -2.01. The summed E-state index contributed by atoms with van der Waals surface area (Å²) >= 11 is 0. The molecule has 2 heteroatoms. The van der Waals surface area contributed by atoms with Crippen molar-refractivity contribution in [2.24, 2.45) is 17.8 Å². The third-order valence-electron chi connectivity index (χ3n) is 3.71. The van der Waals surface area contributed by atoms with E-state index >= 15 is 0 Å². The smallest absolute Gasteiger partial charge is 0.158 e. The molecule has 3 unspecified atom stereocenters. The molecule has 1 nitrogen and oxygen atoms in total. The Kier molecular flexibility index (Phi) is 1.53. The number of carbonyl (C=O) groups is 1. The number of hydrogen-bond acceptors (Lipinski definition) is 1. The lowest BCUT2D eigenvalue weighted by atomic mass is 10.0. The molecule has 3 aliphatic carbocycles. The molecule has 74 valence electrons. The van der Waals surface area contributed by atoms with E-state index in [1.54, 1.807) is 0 Å². The molecule has 0 aromatic rings. The monoisotopic (exact) mass is 192 g/mol. The van der Waals surface area contributed by atoms with E-state index in [1.807, 2.05) is 19.1 Å². The van der Waals surface area contributed by atoms with E-state index in [1.165, 1.54) is 0 Å². The van der Waals surface area contributed by atoms with Crippen LogP contribution in [-0.2, 0) is 4.79 Å². The summed E-state index contributed by atoms with van der Waals surface area (Å²) in [7, 11) is 0. The van der Waals surface area contributed by atoms with Crippen molar-refractivity contribution in [2.75, 3.05) is 0 Å². The molecular weight excluding hydrogens is 179 g/mol. The van der Waals surface area contributed by atoms with Gasteiger partial charge >= 0.3 is 0 Å². The Morgan fingerprint density at radius 3 is 3.07 bits per heavy atom. The fraction of sp³-hybridized carbons (Fsp3) is 0.583. The number of carbonyl (C=O) groups excluding carboxylic acids is 1. The predicted octanol–water partition coefficient (Wildman–Crippen LogP) is 2.44. The van der Waals surface area contributed by atoms with Gasteiger partial charge in [-0.05, 0) is 29.4 Å². The molecule has 0 heterocycles. The van der Waals surface area contributed by atoms with Gasteiger partial charge in [-0.15, -0.1) is 0 Å². The molecule has 0 amide bonds. The number of Topliss-reactive ketones (excluding diaryl/α,β-unsaturated/α-hetero) is 1. The van der Waals surface area contributed by atoms with E-state index in [0.29, 0.717) is 18.3 Å². The number of alkyl halides is 1. The molecular formula is C12H13FO. The van der Waals surface area contributed by atoms with Gasteiger partial charge in [-0.2, -0.15) is 0 Å². The first-order chi connectivity index (χ1) is 6.74. The maximum atomic E-state index is 13.2. The first-order valence-corrected chi connectivity index (χ1v) is 5.33. The van der Waals surface area contributed by atoms with Gasteiger partial charge < -0.3 is 0 Å². The molecule has 0 N–H and O–H groups in total. The average Bonchev–Trinajstić information content (AvgIpc) is 3.00. The van der Waals surface area contributed by atoms with Crippen LogP contribution in [0.3, 0.4) is 0 Å². The Bertz CT molecular complexity index is 367. The van der Waals surface area contributed by atoms with Crippen LogP contribution >= 0.6 is 0 Å². The van der Waals surface area contributed by atoms with Gasteiger partial charge in [-0.25, -0.2) is 4.39 Å². The SMILES string of the molecule is CCC(=O)C1=CC=C2C(F)[C@@H]2C2CC12. The minimum absolute atomic E-state index is 0.165. The van der Waals surface area contributed by atoms with Crippen LogP contribution in [0.2, 0.25) is 0 Å². The van der Waals surface area contributed by atoms with Crippen LogP contribution in [0.15, 0.2) is 23.3 Å². The highest BCUT2D eigenvalue weighted by Crippen LogP contribution is 2.62. The van der Waals surface area contributed by atoms with Crippen LogP contribution in [0.5, 0.6) is 0 Å². The lowest BCUT2D eigenvalue weighted by molar-refractivity contribution is -0.115. The molecule has 0 bridgehead atoms. The largest absolute Gasteiger partial charge is 0.295 e. The van der Waals surface area contributed by atoms with Gasteiger partial charge in [0, 0.05) is 12.3 Å². The van der Waals surface area contributed by atoms with Gasteiger partial charge in [-0.1, -0.05) is 19.1 Å².